The maximum Gasteiger partial charge on any atom is 0.353 e. The predicted octanol–water partition coefficient (Wildman–Crippen LogP) is 3.28. The first-order valence-electron chi connectivity index (χ1n) is 6.20. The molecule has 2 heterocycles. The molecule has 0 saturated heterocycles. The van der Waals surface area contributed by atoms with Gasteiger partial charge in [-0.1, -0.05) is 0 Å². The molecule has 0 atom stereocenters. The van der Waals surface area contributed by atoms with Gasteiger partial charge in [0.1, 0.15) is 6.33 Å². The Morgan fingerprint density at radius 1 is 1.52 bits per heavy atom. The third-order valence-electron chi connectivity index (χ3n) is 2.71. The van der Waals surface area contributed by atoms with Crippen molar-refractivity contribution in [1.29, 1.82) is 0 Å². The number of thiophene rings is 1. The molecule has 21 heavy (non-hydrogen) atoms. The number of rotatable bonds is 6. The molecule has 2 rings (SSSR count). The van der Waals surface area contributed by atoms with Crippen molar-refractivity contribution in [3.63, 3.8) is 0 Å². The lowest BCUT2D eigenvalue weighted by molar-refractivity contribution is -0.383. The first kappa shape index (κ1) is 15.6. The van der Waals surface area contributed by atoms with E-state index in [-0.39, 0.29) is 11.5 Å². The number of nitro groups is 1. The van der Waals surface area contributed by atoms with E-state index >= 15 is 0 Å². The summed E-state index contributed by atoms with van der Waals surface area (Å²) >= 11 is 4.98. The highest BCUT2D eigenvalue weighted by Crippen LogP contribution is 2.32. The number of nitrogens with one attached hydrogen (secondary N) is 1. The van der Waals surface area contributed by atoms with Crippen LogP contribution < -0.4 is 10.2 Å². The van der Waals surface area contributed by atoms with Crippen LogP contribution in [-0.4, -0.2) is 28.5 Å². The number of hydrogen-bond donors (Lipinski definition) is 1. The summed E-state index contributed by atoms with van der Waals surface area (Å²) in [6.07, 6.45) is 1.33. The SMILES string of the molecule is CCNc1ncnc(N(C)Cc2cc(Br)cs2)c1[N+](=O)[O-]. The lowest BCUT2D eigenvalue weighted by Gasteiger charge is -2.17. The van der Waals surface area contributed by atoms with Gasteiger partial charge in [0.25, 0.3) is 0 Å². The second kappa shape index (κ2) is 6.81. The van der Waals surface area contributed by atoms with Crippen molar-refractivity contribution < 1.29 is 4.92 Å². The van der Waals surface area contributed by atoms with Crippen molar-refractivity contribution >= 4 is 44.6 Å². The fraction of sp³-hybridized carbons (Fsp3) is 0.333. The lowest BCUT2D eigenvalue weighted by Crippen LogP contribution is -2.19. The molecule has 112 valence electrons. The van der Waals surface area contributed by atoms with Crippen LogP contribution in [0.2, 0.25) is 0 Å². The van der Waals surface area contributed by atoms with Gasteiger partial charge >= 0.3 is 5.69 Å². The second-order valence-corrected chi connectivity index (χ2v) is 6.18. The summed E-state index contributed by atoms with van der Waals surface area (Å²) in [5, 5.41) is 16.2. The highest BCUT2D eigenvalue weighted by molar-refractivity contribution is 9.10. The number of aromatic nitrogens is 2. The minimum Gasteiger partial charge on any atom is -0.364 e. The van der Waals surface area contributed by atoms with Gasteiger partial charge in [0.05, 0.1) is 11.5 Å². The van der Waals surface area contributed by atoms with Gasteiger partial charge in [-0.2, -0.15) is 0 Å². The Bertz CT molecular complexity index is 648. The summed E-state index contributed by atoms with van der Waals surface area (Å²) < 4.78 is 1.00. The van der Waals surface area contributed by atoms with Gasteiger partial charge in [0, 0.05) is 28.3 Å². The molecule has 0 aliphatic rings. The van der Waals surface area contributed by atoms with Gasteiger partial charge in [-0.15, -0.1) is 11.3 Å². The van der Waals surface area contributed by atoms with Crippen LogP contribution in [0.3, 0.4) is 0 Å². The summed E-state index contributed by atoms with van der Waals surface area (Å²) in [7, 11) is 1.78. The molecule has 0 saturated carbocycles. The van der Waals surface area contributed by atoms with Crippen LogP contribution in [0.25, 0.3) is 0 Å². The molecular weight excluding hydrogens is 358 g/mol. The first-order chi connectivity index (χ1) is 10.0. The van der Waals surface area contributed by atoms with Gasteiger partial charge in [0.15, 0.2) is 0 Å². The molecule has 0 aromatic carbocycles. The minimum atomic E-state index is -0.450. The standard InChI is InChI=1S/C12H14BrN5O2S/c1-3-14-11-10(18(19)20)12(16-7-15-11)17(2)5-9-4-8(13)6-21-9/h4,6-7H,3,5H2,1-2H3,(H,14,15,16). The Hall–Kier alpha value is -1.74. The molecule has 0 aliphatic heterocycles. The van der Waals surface area contributed by atoms with E-state index in [1.807, 2.05) is 18.4 Å². The van der Waals surface area contributed by atoms with Crippen LogP contribution in [0.4, 0.5) is 17.3 Å². The largest absolute Gasteiger partial charge is 0.364 e. The monoisotopic (exact) mass is 371 g/mol. The molecule has 0 fully saturated rings. The third kappa shape index (κ3) is 3.67. The van der Waals surface area contributed by atoms with Crippen molar-refractivity contribution in [1.82, 2.24) is 9.97 Å². The first-order valence-corrected chi connectivity index (χ1v) is 7.87. The van der Waals surface area contributed by atoms with E-state index in [0.29, 0.717) is 18.9 Å². The Balaban J connectivity index is 2.33. The van der Waals surface area contributed by atoms with Gasteiger partial charge < -0.3 is 10.2 Å². The van der Waals surface area contributed by atoms with Crippen LogP contribution in [0.15, 0.2) is 22.2 Å². The van der Waals surface area contributed by atoms with Crippen LogP contribution in [0, 0.1) is 10.1 Å². The molecular formula is C12H14BrN5O2S. The van der Waals surface area contributed by atoms with Gasteiger partial charge in [-0.05, 0) is 28.9 Å². The van der Waals surface area contributed by atoms with Gasteiger partial charge in [-0.25, -0.2) is 9.97 Å². The van der Waals surface area contributed by atoms with Crippen molar-refractivity contribution in [3.05, 3.63) is 37.2 Å². The van der Waals surface area contributed by atoms with E-state index in [0.717, 1.165) is 9.35 Å². The maximum absolute atomic E-state index is 11.3. The molecule has 0 bridgehead atoms. The normalized spacial score (nSPS) is 10.4. The van der Waals surface area contributed by atoms with Crippen molar-refractivity contribution in [2.75, 3.05) is 23.8 Å². The fourth-order valence-corrected chi connectivity index (χ4v) is 3.36. The molecule has 0 spiro atoms. The van der Waals surface area contributed by atoms with E-state index in [9.17, 15) is 10.1 Å². The number of nitrogens with zero attached hydrogens (tertiary/aromatic N) is 4. The van der Waals surface area contributed by atoms with E-state index < -0.39 is 4.92 Å². The second-order valence-electron chi connectivity index (χ2n) is 4.27. The molecule has 0 aliphatic carbocycles. The smallest absolute Gasteiger partial charge is 0.353 e. The van der Waals surface area contributed by atoms with E-state index in [4.69, 9.17) is 0 Å². The number of halogens is 1. The highest BCUT2D eigenvalue weighted by atomic mass is 79.9. The highest BCUT2D eigenvalue weighted by Gasteiger charge is 2.25. The summed E-state index contributed by atoms with van der Waals surface area (Å²) in [6, 6.07) is 1.99. The Morgan fingerprint density at radius 3 is 2.86 bits per heavy atom. The lowest BCUT2D eigenvalue weighted by atomic mass is 10.3. The average molecular weight is 372 g/mol. The number of anilines is 2. The van der Waals surface area contributed by atoms with Gasteiger partial charge in [-0.3, -0.25) is 10.1 Å². The Morgan fingerprint density at radius 2 is 2.29 bits per heavy atom. The maximum atomic E-state index is 11.3. The average Bonchev–Trinajstić information content (AvgIpc) is 2.84. The molecule has 2 aromatic rings. The zero-order valence-corrected chi connectivity index (χ0v) is 13.9. The summed E-state index contributed by atoms with van der Waals surface area (Å²) in [5.74, 6) is 0.544. The Labute approximate surface area is 134 Å². The molecule has 0 unspecified atom stereocenters. The van der Waals surface area contributed by atoms with Crippen molar-refractivity contribution in [3.8, 4) is 0 Å². The number of hydrogen-bond acceptors (Lipinski definition) is 7. The zero-order valence-electron chi connectivity index (χ0n) is 11.5. The fourth-order valence-electron chi connectivity index (χ4n) is 1.86. The Kier molecular flexibility index (Phi) is 5.07. The van der Waals surface area contributed by atoms with Crippen molar-refractivity contribution in [2.45, 2.75) is 13.5 Å². The molecule has 7 nitrogen and oxygen atoms in total. The topological polar surface area (TPSA) is 84.2 Å². The van der Waals surface area contributed by atoms with E-state index in [1.165, 1.54) is 6.33 Å². The predicted molar refractivity (Wildman–Crippen MR) is 87.0 cm³/mol. The molecule has 9 heteroatoms. The molecule has 0 amide bonds. The summed E-state index contributed by atoms with van der Waals surface area (Å²) in [5.41, 5.74) is -0.0996. The summed E-state index contributed by atoms with van der Waals surface area (Å²) in [6.45, 7) is 2.96. The molecule has 2 aromatic heterocycles. The summed E-state index contributed by atoms with van der Waals surface area (Å²) in [4.78, 5) is 21.7. The van der Waals surface area contributed by atoms with Crippen LogP contribution in [0.5, 0.6) is 0 Å². The van der Waals surface area contributed by atoms with E-state index in [2.05, 4.69) is 31.2 Å². The van der Waals surface area contributed by atoms with Crippen molar-refractivity contribution in [2.24, 2.45) is 0 Å². The quantitative estimate of drug-likeness (QED) is 0.619. The van der Waals surface area contributed by atoms with Gasteiger partial charge in [0.2, 0.25) is 11.6 Å². The van der Waals surface area contributed by atoms with Crippen LogP contribution in [-0.2, 0) is 6.54 Å². The molecule has 0 radical (unpaired) electrons. The third-order valence-corrected chi connectivity index (χ3v) is 4.39. The minimum absolute atomic E-state index is 0.0996. The van der Waals surface area contributed by atoms with Crippen LogP contribution >= 0.6 is 27.3 Å². The van der Waals surface area contributed by atoms with Crippen LogP contribution in [0.1, 0.15) is 11.8 Å². The molecule has 1 N–H and O–H groups in total. The zero-order chi connectivity index (χ0) is 15.4. The van der Waals surface area contributed by atoms with E-state index in [1.54, 1.807) is 23.3 Å².